The molecular formula is C35H58O6. The number of carbonyl (C=O) groups is 3. The molecule has 0 saturated carbocycles. The maximum absolute atomic E-state index is 12.0. The standard InChI is InChI=1S/C35H58O6/c1-4-5-6-7-8-9-10-11-12-13-14-18-21-25-32(37)26-23-28-34(38)40-30-33(29-36)41-35(39)27-22-19-16-15-17-20-24-31(2)3/h8-9,11-12,14,18,21,25,31,33,36H,4-7,10,13,15-17,19-20,22-24,26-30H2,1-3H3/b9-8-,12-11-,18-14-,25-21+/t33-/m0/s1. The van der Waals surface area contributed by atoms with E-state index in [1.54, 1.807) is 6.08 Å². The van der Waals surface area contributed by atoms with Gasteiger partial charge in [0.2, 0.25) is 0 Å². The molecule has 0 aliphatic heterocycles. The van der Waals surface area contributed by atoms with Crippen molar-refractivity contribution in [1.82, 2.24) is 0 Å². The number of hydrogen-bond acceptors (Lipinski definition) is 6. The molecule has 0 aromatic rings. The average Bonchev–Trinajstić information content (AvgIpc) is 2.94. The molecule has 0 unspecified atom stereocenters. The minimum absolute atomic E-state index is 0.0519. The molecule has 0 aliphatic carbocycles. The van der Waals surface area contributed by atoms with Gasteiger partial charge >= 0.3 is 11.9 Å². The summed E-state index contributed by atoms with van der Waals surface area (Å²) >= 11 is 0. The number of ketones is 1. The zero-order chi connectivity index (χ0) is 30.4. The fourth-order valence-corrected chi connectivity index (χ4v) is 4.04. The Morgan fingerprint density at radius 1 is 0.707 bits per heavy atom. The Bertz CT molecular complexity index is 778. The molecule has 41 heavy (non-hydrogen) atoms. The van der Waals surface area contributed by atoms with Crippen LogP contribution in [0.2, 0.25) is 0 Å². The zero-order valence-corrected chi connectivity index (χ0v) is 26.2. The second kappa shape index (κ2) is 29.0. The van der Waals surface area contributed by atoms with E-state index in [1.165, 1.54) is 51.0 Å². The van der Waals surface area contributed by atoms with Crippen molar-refractivity contribution in [2.45, 2.75) is 136 Å². The van der Waals surface area contributed by atoms with Crippen molar-refractivity contribution in [2.75, 3.05) is 13.2 Å². The van der Waals surface area contributed by atoms with E-state index in [0.29, 0.717) is 12.8 Å². The van der Waals surface area contributed by atoms with E-state index in [4.69, 9.17) is 9.47 Å². The molecule has 1 N–H and O–H groups in total. The van der Waals surface area contributed by atoms with Gasteiger partial charge in [0.1, 0.15) is 6.61 Å². The largest absolute Gasteiger partial charge is 0.462 e. The fraction of sp³-hybridized carbons (Fsp3) is 0.686. The summed E-state index contributed by atoms with van der Waals surface area (Å²) in [6, 6.07) is 0. The van der Waals surface area contributed by atoms with Crippen molar-refractivity contribution >= 4 is 17.7 Å². The number of carbonyl (C=O) groups excluding carboxylic acids is 3. The van der Waals surface area contributed by atoms with Crippen LogP contribution in [0.3, 0.4) is 0 Å². The van der Waals surface area contributed by atoms with Gasteiger partial charge in [0.15, 0.2) is 11.9 Å². The topological polar surface area (TPSA) is 89.9 Å². The molecule has 6 nitrogen and oxygen atoms in total. The van der Waals surface area contributed by atoms with Gasteiger partial charge in [0, 0.05) is 19.3 Å². The van der Waals surface area contributed by atoms with E-state index in [9.17, 15) is 19.5 Å². The van der Waals surface area contributed by atoms with Gasteiger partial charge in [-0.1, -0.05) is 115 Å². The molecule has 0 amide bonds. The SMILES string of the molecule is CCCCC/C=C\C/C=C\C/C=C\C=C\C(=O)CCCC(=O)OC[C@H](CO)OC(=O)CCCCCCCCC(C)C. The number of rotatable bonds is 27. The highest BCUT2D eigenvalue weighted by atomic mass is 16.6. The first kappa shape index (κ1) is 38.5. The van der Waals surface area contributed by atoms with Crippen molar-refractivity contribution in [3.05, 3.63) is 48.6 Å². The molecule has 0 aromatic carbocycles. The molecule has 0 rings (SSSR count). The fourth-order valence-electron chi connectivity index (χ4n) is 4.04. The van der Waals surface area contributed by atoms with E-state index in [0.717, 1.165) is 44.4 Å². The van der Waals surface area contributed by atoms with Gasteiger partial charge < -0.3 is 14.6 Å². The van der Waals surface area contributed by atoms with Crippen molar-refractivity contribution < 1.29 is 29.0 Å². The van der Waals surface area contributed by atoms with Gasteiger partial charge in [0.25, 0.3) is 0 Å². The molecule has 0 fully saturated rings. The van der Waals surface area contributed by atoms with Crippen molar-refractivity contribution in [2.24, 2.45) is 5.92 Å². The van der Waals surface area contributed by atoms with E-state index in [1.807, 2.05) is 12.2 Å². The Morgan fingerprint density at radius 3 is 2.07 bits per heavy atom. The summed E-state index contributed by atoms with van der Waals surface area (Å²) < 4.78 is 10.4. The third-order valence-electron chi connectivity index (χ3n) is 6.53. The highest BCUT2D eigenvalue weighted by Crippen LogP contribution is 2.12. The van der Waals surface area contributed by atoms with Crippen LogP contribution in [-0.4, -0.2) is 42.1 Å². The van der Waals surface area contributed by atoms with Crippen LogP contribution in [0.1, 0.15) is 130 Å². The lowest BCUT2D eigenvalue weighted by Gasteiger charge is -2.15. The second-order valence-corrected chi connectivity index (χ2v) is 11.0. The first-order valence-electron chi connectivity index (χ1n) is 16.0. The van der Waals surface area contributed by atoms with Gasteiger partial charge in [-0.25, -0.2) is 0 Å². The van der Waals surface area contributed by atoms with Gasteiger partial charge in [-0.2, -0.15) is 0 Å². The third kappa shape index (κ3) is 28.8. The number of ether oxygens (including phenoxy) is 2. The quantitative estimate of drug-likeness (QED) is 0.0348. The van der Waals surface area contributed by atoms with Gasteiger partial charge in [-0.3, -0.25) is 14.4 Å². The van der Waals surface area contributed by atoms with Crippen molar-refractivity contribution in [1.29, 1.82) is 0 Å². The minimum Gasteiger partial charge on any atom is -0.462 e. The molecule has 0 aliphatic rings. The average molecular weight is 575 g/mol. The van der Waals surface area contributed by atoms with E-state index >= 15 is 0 Å². The molecule has 0 heterocycles. The number of allylic oxidation sites excluding steroid dienone is 8. The Morgan fingerprint density at radius 2 is 1.37 bits per heavy atom. The first-order chi connectivity index (χ1) is 19.9. The first-order valence-corrected chi connectivity index (χ1v) is 16.0. The summed E-state index contributed by atoms with van der Waals surface area (Å²) in [4.78, 5) is 36.0. The lowest BCUT2D eigenvalue weighted by Crippen LogP contribution is -2.28. The summed E-state index contributed by atoms with van der Waals surface area (Å²) in [5, 5.41) is 9.45. The molecular weight excluding hydrogens is 516 g/mol. The summed E-state index contributed by atoms with van der Waals surface area (Å²) in [6.07, 6.45) is 30.4. The zero-order valence-electron chi connectivity index (χ0n) is 26.2. The van der Waals surface area contributed by atoms with Crippen LogP contribution in [0, 0.1) is 5.92 Å². The van der Waals surface area contributed by atoms with Crippen LogP contribution in [0.5, 0.6) is 0 Å². The number of hydrogen-bond donors (Lipinski definition) is 1. The highest BCUT2D eigenvalue weighted by molar-refractivity contribution is 5.90. The van der Waals surface area contributed by atoms with Crippen LogP contribution >= 0.6 is 0 Å². The maximum atomic E-state index is 12.0. The van der Waals surface area contributed by atoms with E-state index in [-0.39, 0.29) is 31.2 Å². The normalized spacial score (nSPS) is 12.8. The predicted molar refractivity (Wildman–Crippen MR) is 168 cm³/mol. The number of aliphatic hydroxyl groups excluding tert-OH is 1. The Kier molecular flexibility index (Phi) is 27.3. The lowest BCUT2D eigenvalue weighted by atomic mass is 10.0. The van der Waals surface area contributed by atoms with Gasteiger partial charge in [-0.15, -0.1) is 0 Å². The second-order valence-electron chi connectivity index (χ2n) is 11.0. The van der Waals surface area contributed by atoms with Crippen LogP contribution in [0.15, 0.2) is 48.6 Å². The van der Waals surface area contributed by atoms with Crippen LogP contribution in [-0.2, 0) is 23.9 Å². The Labute approximate surface area is 250 Å². The van der Waals surface area contributed by atoms with Crippen molar-refractivity contribution in [3.8, 4) is 0 Å². The van der Waals surface area contributed by atoms with E-state index in [2.05, 4.69) is 45.1 Å². The smallest absolute Gasteiger partial charge is 0.306 e. The number of aliphatic hydroxyl groups is 1. The molecule has 0 radical (unpaired) electrons. The summed E-state index contributed by atoms with van der Waals surface area (Å²) in [7, 11) is 0. The lowest BCUT2D eigenvalue weighted by molar-refractivity contribution is -0.161. The molecule has 0 spiro atoms. The van der Waals surface area contributed by atoms with Crippen LogP contribution < -0.4 is 0 Å². The molecule has 0 aromatic heterocycles. The molecule has 0 bridgehead atoms. The predicted octanol–water partition coefficient (Wildman–Crippen LogP) is 8.54. The Hall–Kier alpha value is -2.47. The summed E-state index contributed by atoms with van der Waals surface area (Å²) in [5.41, 5.74) is 0. The molecule has 234 valence electrons. The highest BCUT2D eigenvalue weighted by Gasteiger charge is 2.16. The van der Waals surface area contributed by atoms with Gasteiger partial charge in [0.05, 0.1) is 6.61 Å². The third-order valence-corrected chi connectivity index (χ3v) is 6.53. The Balaban J connectivity index is 3.87. The molecule has 1 atom stereocenters. The molecule has 6 heteroatoms. The number of esters is 2. The monoisotopic (exact) mass is 574 g/mol. The summed E-state index contributed by atoms with van der Waals surface area (Å²) in [6.45, 7) is 6.11. The summed E-state index contributed by atoms with van der Waals surface area (Å²) in [5.74, 6) is -0.156. The van der Waals surface area contributed by atoms with E-state index < -0.39 is 18.7 Å². The molecule has 0 saturated heterocycles. The van der Waals surface area contributed by atoms with Gasteiger partial charge in [-0.05, 0) is 50.5 Å². The maximum Gasteiger partial charge on any atom is 0.306 e. The van der Waals surface area contributed by atoms with Crippen LogP contribution in [0.4, 0.5) is 0 Å². The number of unbranched alkanes of at least 4 members (excludes halogenated alkanes) is 8. The van der Waals surface area contributed by atoms with Crippen molar-refractivity contribution in [3.63, 3.8) is 0 Å². The van der Waals surface area contributed by atoms with Crippen LogP contribution in [0.25, 0.3) is 0 Å². The minimum atomic E-state index is -0.860.